The second-order valence-corrected chi connectivity index (χ2v) is 14.4. The maximum atomic E-state index is 12.6. The molecular weight excluding hydrogens is 448 g/mol. The Bertz CT molecular complexity index is 853. The van der Waals surface area contributed by atoms with Gasteiger partial charge in [0.2, 0.25) is 0 Å². The van der Waals surface area contributed by atoms with Crippen molar-refractivity contribution < 1.29 is 38.3 Å². The first kappa shape index (κ1) is 26.0. The summed E-state index contributed by atoms with van der Waals surface area (Å²) in [5.74, 6) is -2.83. The van der Waals surface area contributed by atoms with Crippen molar-refractivity contribution in [3.05, 3.63) is 35.9 Å². The number of carbonyl (C=O) groups is 5. The average molecular weight is 479 g/mol. The molecule has 33 heavy (non-hydrogen) atoms. The fourth-order valence-electron chi connectivity index (χ4n) is 2.78. The van der Waals surface area contributed by atoms with Crippen molar-refractivity contribution in [1.82, 2.24) is 10.4 Å². The molecule has 2 rings (SSSR count). The Balaban J connectivity index is 1.92. The van der Waals surface area contributed by atoms with Crippen LogP contribution < -0.4 is 5.32 Å². The average Bonchev–Trinajstić information content (AvgIpc) is 3.06. The second-order valence-electron chi connectivity index (χ2n) is 8.82. The Morgan fingerprint density at radius 2 is 1.67 bits per heavy atom. The Morgan fingerprint density at radius 3 is 2.27 bits per heavy atom. The number of nitrogens with zero attached hydrogens (tertiary/aromatic N) is 1. The number of nitrogens with one attached hydrogen (secondary N) is 1. The Morgan fingerprint density at radius 1 is 1.03 bits per heavy atom. The molecule has 0 unspecified atom stereocenters. The van der Waals surface area contributed by atoms with Gasteiger partial charge in [0.05, 0.1) is 13.0 Å². The lowest BCUT2D eigenvalue weighted by Gasteiger charge is -2.19. The molecule has 0 bridgehead atoms. The predicted molar refractivity (Wildman–Crippen MR) is 119 cm³/mol. The Hall–Kier alpha value is -3.21. The van der Waals surface area contributed by atoms with Crippen molar-refractivity contribution >= 4 is 37.9 Å². The van der Waals surface area contributed by atoms with Crippen LogP contribution in [-0.2, 0) is 40.1 Å². The number of carbonyl (C=O) groups excluding carboxylic acids is 5. The number of rotatable bonds is 11. The second kappa shape index (κ2) is 12.1. The minimum Gasteiger partial charge on any atom is -0.459 e. The van der Waals surface area contributed by atoms with Gasteiger partial charge in [-0.05, 0) is 18.0 Å². The summed E-state index contributed by atoms with van der Waals surface area (Å²) in [5, 5.41) is 2.86. The van der Waals surface area contributed by atoms with E-state index in [1.165, 1.54) is 0 Å². The normalized spacial score (nSPS) is 14.6. The first-order valence-electron chi connectivity index (χ1n) is 10.8. The third-order valence-electron chi connectivity index (χ3n) is 4.72. The maximum absolute atomic E-state index is 12.6. The van der Waals surface area contributed by atoms with E-state index in [1.54, 1.807) is 24.3 Å². The van der Waals surface area contributed by atoms with Gasteiger partial charge in [0.1, 0.15) is 12.6 Å². The zero-order chi connectivity index (χ0) is 24.4. The van der Waals surface area contributed by atoms with Crippen LogP contribution in [0.2, 0.25) is 25.7 Å². The molecule has 1 aliphatic rings. The molecule has 1 atom stereocenters. The van der Waals surface area contributed by atoms with E-state index in [0.29, 0.717) is 5.06 Å². The number of hydrogen-bond donors (Lipinski definition) is 1. The molecule has 1 aromatic carbocycles. The minimum absolute atomic E-state index is 0.0102. The van der Waals surface area contributed by atoms with Crippen molar-refractivity contribution in [2.45, 2.75) is 64.0 Å². The predicted octanol–water partition coefficient (Wildman–Crippen LogP) is 2.55. The van der Waals surface area contributed by atoms with Gasteiger partial charge < -0.3 is 19.6 Å². The van der Waals surface area contributed by atoms with Crippen LogP contribution in [0.3, 0.4) is 0 Å². The monoisotopic (exact) mass is 478 g/mol. The number of alkyl carbamates (subject to hydrolysis) is 1. The van der Waals surface area contributed by atoms with E-state index in [9.17, 15) is 24.0 Å². The van der Waals surface area contributed by atoms with Crippen molar-refractivity contribution in [3.63, 3.8) is 0 Å². The maximum Gasteiger partial charge on any atom is 0.407 e. The summed E-state index contributed by atoms with van der Waals surface area (Å²) in [6.45, 7) is 6.62. The van der Waals surface area contributed by atoms with E-state index in [-0.39, 0.29) is 38.9 Å². The lowest BCUT2D eigenvalue weighted by Crippen LogP contribution is -2.43. The molecule has 1 N–H and O–H groups in total. The third-order valence-corrected chi connectivity index (χ3v) is 6.43. The van der Waals surface area contributed by atoms with Gasteiger partial charge in [0.15, 0.2) is 0 Å². The van der Waals surface area contributed by atoms with Crippen LogP contribution in [-0.4, -0.2) is 55.6 Å². The van der Waals surface area contributed by atoms with Gasteiger partial charge in [-0.3, -0.25) is 9.59 Å². The first-order chi connectivity index (χ1) is 15.5. The van der Waals surface area contributed by atoms with E-state index >= 15 is 0 Å². The molecule has 1 aliphatic heterocycles. The van der Waals surface area contributed by atoms with E-state index in [1.807, 2.05) is 6.07 Å². The lowest BCUT2D eigenvalue weighted by atomic mass is 10.1. The van der Waals surface area contributed by atoms with Crippen LogP contribution in [0.1, 0.15) is 31.2 Å². The highest BCUT2D eigenvalue weighted by atomic mass is 28.3. The fraction of sp³-hybridized carbons (Fsp3) is 0.500. The van der Waals surface area contributed by atoms with Crippen molar-refractivity contribution in [2.24, 2.45) is 0 Å². The van der Waals surface area contributed by atoms with Crippen LogP contribution in [0, 0.1) is 0 Å². The summed E-state index contributed by atoms with van der Waals surface area (Å²) in [6.07, 6.45) is -1.34. The van der Waals surface area contributed by atoms with E-state index in [2.05, 4.69) is 25.0 Å². The minimum atomic E-state index is -1.41. The summed E-state index contributed by atoms with van der Waals surface area (Å²) in [4.78, 5) is 64.9. The molecule has 0 aromatic heterocycles. The van der Waals surface area contributed by atoms with E-state index in [0.717, 1.165) is 11.6 Å². The molecule has 10 nitrogen and oxygen atoms in total. The van der Waals surface area contributed by atoms with Gasteiger partial charge in [-0.15, -0.1) is 5.06 Å². The van der Waals surface area contributed by atoms with Crippen LogP contribution in [0.5, 0.6) is 0 Å². The van der Waals surface area contributed by atoms with Crippen LogP contribution in [0.4, 0.5) is 4.79 Å². The lowest BCUT2D eigenvalue weighted by molar-refractivity contribution is -0.197. The van der Waals surface area contributed by atoms with Gasteiger partial charge in [0.25, 0.3) is 11.8 Å². The van der Waals surface area contributed by atoms with E-state index in [4.69, 9.17) is 14.3 Å². The third kappa shape index (κ3) is 9.44. The fourth-order valence-corrected chi connectivity index (χ4v) is 3.49. The zero-order valence-electron chi connectivity index (χ0n) is 19.1. The molecule has 1 saturated heterocycles. The zero-order valence-corrected chi connectivity index (χ0v) is 20.1. The summed E-state index contributed by atoms with van der Waals surface area (Å²) in [7, 11) is -1.41. The topological polar surface area (TPSA) is 128 Å². The highest BCUT2D eigenvalue weighted by molar-refractivity contribution is 6.76. The van der Waals surface area contributed by atoms with Crippen molar-refractivity contribution in [1.29, 1.82) is 0 Å². The van der Waals surface area contributed by atoms with Crippen LogP contribution in [0.25, 0.3) is 0 Å². The number of benzene rings is 1. The number of amides is 3. The van der Waals surface area contributed by atoms with E-state index < -0.39 is 44.0 Å². The number of esters is 1. The van der Waals surface area contributed by atoms with Gasteiger partial charge >= 0.3 is 18.0 Å². The Labute approximate surface area is 193 Å². The summed E-state index contributed by atoms with van der Waals surface area (Å²) in [5.41, 5.74) is 0.757. The summed E-state index contributed by atoms with van der Waals surface area (Å²) >= 11 is 0. The first-order valence-corrected chi connectivity index (χ1v) is 14.5. The summed E-state index contributed by atoms with van der Waals surface area (Å²) in [6, 6.07) is 8.56. The van der Waals surface area contributed by atoms with Crippen molar-refractivity contribution in [2.75, 3.05) is 6.61 Å². The van der Waals surface area contributed by atoms with Gasteiger partial charge in [-0.1, -0.05) is 50.0 Å². The van der Waals surface area contributed by atoms with Crippen LogP contribution >= 0.6 is 0 Å². The highest BCUT2D eigenvalue weighted by Gasteiger charge is 2.33. The molecule has 0 radical (unpaired) electrons. The summed E-state index contributed by atoms with van der Waals surface area (Å²) < 4.78 is 10.4. The Kier molecular flexibility index (Phi) is 9.58. The highest BCUT2D eigenvalue weighted by Crippen LogP contribution is 2.14. The molecule has 1 fully saturated rings. The van der Waals surface area contributed by atoms with Crippen molar-refractivity contribution in [3.8, 4) is 0 Å². The van der Waals surface area contributed by atoms with Gasteiger partial charge in [-0.2, -0.15) is 0 Å². The molecule has 0 aliphatic carbocycles. The standard InChI is InChI=1S/C22H30N2O8Si/c1-33(2,3)14-13-30-22(29)23-17(21(28)31-15-16-7-5-4-6-8-16)9-12-20(27)32-24-18(25)10-11-19(24)26/h4-8,17H,9-15H2,1-3H3,(H,23,29)/t17-/m0/s1. The number of ether oxygens (including phenoxy) is 2. The molecule has 0 spiro atoms. The number of imide groups is 1. The van der Waals surface area contributed by atoms with Gasteiger partial charge in [-0.25, -0.2) is 14.4 Å². The molecule has 3 amide bonds. The smallest absolute Gasteiger partial charge is 0.407 e. The molecule has 1 aromatic rings. The molecule has 0 saturated carbocycles. The number of hydrogen-bond acceptors (Lipinski definition) is 8. The SMILES string of the molecule is C[Si](C)(C)CCOC(=O)N[C@@H](CCC(=O)ON1C(=O)CCC1=O)C(=O)OCc1ccccc1. The molecular formula is C22H30N2O8Si. The molecule has 1 heterocycles. The van der Waals surface area contributed by atoms with Gasteiger partial charge in [0, 0.05) is 20.9 Å². The quantitative estimate of drug-likeness (QED) is 0.292. The molecule has 11 heteroatoms. The largest absolute Gasteiger partial charge is 0.459 e. The van der Waals surface area contributed by atoms with Crippen LogP contribution in [0.15, 0.2) is 30.3 Å². The number of hydroxylamine groups is 2. The molecule has 180 valence electrons.